The summed E-state index contributed by atoms with van der Waals surface area (Å²) in [6, 6.07) is 17.5. The number of carbonyl (C=O) groups is 3. The molecule has 3 atom stereocenters. The number of rotatable bonds is 10. The lowest BCUT2D eigenvalue weighted by Crippen LogP contribution is -2.62. The predicted molar refractivity (Wildman–Crippen MR) is 170 cm³/mol. The summed E-state index contributed by atoms with van der Waals surface area (Å²) in [4.78, 5) is 41.2. The highest BCUT2D eigenvalue weighted by Gasteiger charge is 2.41. The van der Waals surface area contributed by atoms with E-state index in [2.05, 4.69) is 17.7 Å². The van der Waals surface area contributed by atoms with Gasteiger partial charge in [-0.3, -0.25) is 9.59 Å². The van der Waals surface area contributed by atoms with Crippen LogP contribution in [0.5, 0.6) is 17.2 Å². The number of nitrogens with two attached hydrogens (primary N) is 1. The molecular weight excluding hydrogens is 574 g/mol. The second-order valence-corrected chi connectivity index (χ2v) is 12.5. The molecule has 2 aliphatic heterocycles. The number of anilines is 1. The number of hydrogen-bond acceptors (Lipinski definition) is 6. The smallest absolute Gasteiger partial charge is 0.323 e. The Morgan fingerprint density at radius 2 is 1.69 bits per heavy atom. The van der Waals surface area contributed by atoms with Crippen molar-refractivity contribution in [2.45, 2.75) is 57.8 Å². The third-order valence-corrected chi connectivity index (χ3v) is 8.36. The van der Waals surface area contributed by atoms with Gasteiger partial charge < -0.3 is 40.3 Å². The molecule has 1 saturated heterocycles. The third kappa shape index (κ3) is 7.85. The number of urea groups is 1. The van der Waals surface area contributed by atoms with Crippen molar-refractivity contribution in [3.05, 3.63) is 83.4 Å². The van der Waals surface area contributed by atoms with Crippen molar-refractivity contribution >= 4 is 23.5 Å². The monoisotopic (exact) mass is 616 g/mol. The molecule has 0 aliphatic carbocycles. The molecule has 5 N–H and O–H groups in total. The van der Waals surface area contributed by atoms with E-state index in [9.17, 15) is 19.5 Å². The molecule has 2 heterocycles. The zero-order valence-electron chi connectivity index (χ0n) is 26.0. The van der Waals surface area contributed by atoms with E-state index in [0.717, 1.165) is 35.6 Å². The van der Waals surface area contributed by atoms with Crippen LogP contribution in [-0.4, -0.2) is 77.4 Å². The van der Waals surface area contributed by atoms with Crippen LogP contribution < -0.4 is 25.8 Å². The molecule has 0 bridgehead atoms. The number of benzene rings is 3. The number of hydrogen-bond donors (Lipinski definition) is 4. The van der Waals surface area contributed by atoms with Crippen LogP contribution in [-0.2, 0) is 17.8 Å². The number of ether oxygens (including phenoxy) is 2. The number of piperidine rings is 1. The van der Waals surface area contributed by atoms with Gasteiger partial charge in [0, 0.05) is 29.3 Å². The summed E-state index contributed by atoms with van der Waals surface area (Å²) in [5.74, 6) is 0.749. The predicted octanol–water partition coefficient (Wildman–Crippen LogP) is 4.00. The summed E-state index contributed by atoms with van der Waals surface area (Å²) in [6.07, 6.45) is 1.75. The van der Waals surface area contributed by atoms with Gasteiger partial charge in [-0.25, -0.2) is 4.79 Å². The summed E-state index contributed by atoms with van der Waals surface area (Å²) in [6.45, 7) is 6.20. The molecule has 1 unspecified atom stereocenters. The van der Waals surface area contributed by atoms with Gasteiger partial charge in [0.25, 0.3) is 5.91 Å². The Bertz CT molecular complexity index is 1530. The number of quaternary nitrogens is 1. The number of phenols is 1. The summed E-state index contributed by atoms with van der Waals surface area (Å²) >= 11 is 0. The van der Waals surface area contributed by atoms with E-state index in [4.69, 9.17) is 15.2 Å². The van der Waals surface area contributed by atoms with E-state index in [1.54, 1.807) is 53.4 Å². The molecule has 45 heavy (non-hydrogen) atoms. The minimum absolute atomic E-state index is 0.00521. The quantitative estimate of drug-likeness (QED) is 0.254. The van der Waals surface area contributed by atoms with Crippen LogP contribution in [0.3, 0.4) is 0 Å². The van der Waals surface area contributed by atoms with Gasteiger partial charge in [0.2, 0.25) is 12.7 Å². The number of amides is 4. The number of likely N-dealkylation sites (tertiary alicyclic amines) is 1. The van der Waals surface area contributed by atoms with Crippen molar-refractivity contribution in [3.8, 4) is 17.2 Å². The maximum Gasteiger partial charge on any atom is 0.323 e. The van der Waals surface area contributed by atoms with E-state index >= 15 is 0 Å². The maximum absolute atomic E-state index is 14.1. The van der Waals surface area contributed by atoms with E-state index in [1.807, 2.05) is 32.0 Å². The molecule has 0 aromatic heterocycles. The van der Waals surface area contributed by atoms with E-state index in [-0.39, 0.29) is 37.0 Å². The summed E-state index contributed by atoms with van der Waals surface area (Å²) in [5, 5.41) is 15.6. The fourth-order valence-corrected chi connectivity index (χ4v) is 6.24. The van der Waals surface area contributed by atoms with Crippen LogP contribution in [0.15, 0.2) is 66.7 Å². The molecule has 0 saturated carbocycles. The Hall–Kier alpha value is -4.77. The topological polar surface area (TPSA) is 143 Å². The van der Waals surface area contributed by atoms with Crippen LogP contribution in [0.4, 0.5) is 10.5 Å². The normalized spacial score (nSPS) is 19.5. The molecule has 0 spiro atoms. The Balaban J connectivity index is 1.40. The van der Waals surface area contributed by atoms with Crippen molar-refractivity contribution < 1.29 is 33.4 Å². The minimum atomic E-state index is -0.937. The number of fused-ring (bicyclic) bond motifs is 1. The second-order valence-electron chi connectivity index (χ2n) is 12.5. The Labute approximate surface area is 263 Å². The lowest BCUT2D eigenvalue weighted by atomic mass is 9.96. The number of nitrogens with one attached hydrogen (secondary N) is 2. The van der Waals surface area contributed by atoms with Crippen molar-refractivity contribution in [1.82, 2.24) is 10.2 Å². The summed E-state index contributed by atoms with van der Waals surface area (Å²) < 4.78 is 11.7. The fourth-order valence-electron chi connectivity index (χ4n) is 6.24. The number of carbonyl (C=O) groups excluding carboxylic acids is 3. The average Bonchev–Trinajstić information content (AvgIpc) is 3.46. The highest BCUT2D eigenvalue weighted by Crippen LogP contribution is 2.34. The SMILES string of the molecule is CC(C)NC(=O)c1ccc(NC(=O)N([C@@H]2CCC[N+](C)(Cc3ccc4c(c3)OCO4)C2)[C@@H](Cc2ccc(O)cc2)C(N)=O)cc1. The first-order chi connectivity index (χ1) is 21.5. The number of aromatic hydroxyl groups is 1. The van der Waals surface area contributed by atoms with Crippen molar-refractivity contribution in [2.24, 2.45) is 5.73 Å². The van der Waals surface area contributed by atoms with Crippen LogP contribution in [0.25, 0.3) is 0 Å². The average molecular weight is 617 g/mol. The van der Waals surface area contributed by atoms with Crippen LogP contribution in [0.2, 0.25) is 0 Å². The number of likely N-dealkylation sites (N-methyl/N-ethyl adjacent to an activating group) is 1. The zero-order chi connectivity index (χ0) is 32.1. The molecule has 3 aromatic rings. The lowest BCUT2D eigenvalue weighted by molar-refractivity contribution is -0.928. The molecule has 5 rings (SSSR count). The summed E-state index contributed by atoms with van der Waals surface area (Å²) in [5.41, 5.74) is 8.83. The highest BCUT2D eigenvalue weighted by atomic mass is 16.7. The van der Waals surface area contributed by atoms with Gasteiger partial charge in [-0.15, -0.1) is 0 Å². The van der Waals surface area contributed by atoms with Crippen molar-refractivity contribution in [2.75, 3.05) is 32.2 Å². The van der Waals surface area contributed by atoms with Crippen LogP contribution in [0.1, 0.15) is 48.2 Å². The largest absolute Gasteiger partial charge is 0.508 e. The molecule has 3 aromatic carbocycles. The van der Waals surface area contributed by atoms with Crippen molar-refractivity contribution in [3.63, 3.8) is 0 Å². The van der Waals surface area contributed by atoms with E-state index in [1.165, 1.54) is 0 Å². The molecule has 238 valence electrons. The first-order valence-corrected chi connectivity index (χ1v) is 15.3. The molecule has 1 fully saturated rings. The number of primary amides is 1. The van der Waals surface area contributed by atoms with E-state index < -0.39 is 18.0 Å². The molecule has 4 amide bonds. The zero-order valence-corrected chi connectivity index (χ0v) is 26.0. The van der Waals surface area contributed by atoms with Gasteiger partial charge in [0.15, 0.2) is 11.5 Å². The number of nitrogens with zero attached hydrogens (tertiary/aromatic N) is 2. The van der Waals surface area contributed by atoms with Gasteiger partial charge >= 0.3 is 6.03 Å². The summed E-state index contributed by atoms with van der Waals surface area (Å²) in [7, 11) is 2.16. The van der Waals surface area contributed by atoms with E-state index in [0.29, 0.717) is 35.2 Å². The van der Waals surface area contributed by atoms with Gasteiger partial charge in [-0.05, 0) is 86.8 Å². The molecule has 0 radical (unpaired) electrons. The molecule has 11 nitrogen and oxygen atoms in total. The van der Waals surface area contributed by atoms with Crippen LogP contribution in [0, 0.1) is 0 Å². The molecule has 2 aliphatic rings. The van der Waals surface area contributed by atoms with Crippen molar-refractivity contribution in [1.29, 1.82) is 0 Å². The van der Waals surface area contributed by atoms with Crippen LogP contribution >= 0.6 is 0 Å². The second kappa shape index (κ2) is 13.5. The van der Waals surface area contributed by atoms with Gasteiger partial charge in [0.05, 0.1) is 26.2 Å². The fraction of sp³-hybridized carbons (Fsp3) is 0.382. The van der Waals surface area contributed by atoms with Gasteiger partial charge in [-0.1, -0.05) is 12.1 Å². The Kier molecular flexibility index (Phi) is 9.48. The first kappa shape index (κ1) is 31.6. The standard InChI is InChI=1S/C34H41N5O6/c1-22(2)36-33(42)25-9-11-26(12-10-25)37-34(43)38(29(32(35)41)17-23-6-13-28(40)14-7-23)27-5-4-16-39(3,20-27)19-24-8-15-30-31(18-24)45-21-44-30/h6-15,18,22,27,29H,4-5,16-17,19-21H2,1-3H3,(H4-,35,36,37,40,41,42,43)/p+1/t27-,29+,39?/m1/s1. The molecule has 11 heteroatoms. The minimum Gasteiger partial charge on any atom is -0.508 e. The third-order valence-electron chi connectivity index (χ3n) is 8.36. The Morgan fingerprint density at radius 3 is 2.38 bits per heavy atom. The highest BCUT2D eigenvalue weighted by molar-refractivity contribution is 5.96. The lowest BCUT2D eigenvalue weighted by Gasteiger charge is -2.46. The number of phenolic OH excluding ortho intramolecular Hbond substituents is 1. The van der Waals surface area contributed by atoms with Gasteiger partial charge in [0.1, 0.15) is 18.3 Å². The maximum atomic E-state index is 14.1. The van der Waals surface area contributed by atoms with Gasteiger partial charge in [-0.2, -0.15) is 0 Å². The Morgan fingerprint density at radius 1 is 1.00 bits per heavy atom. The first-order valence-electron chi connectivity index (χ1n) is 15.3. The molecular formula is C34H42N5O6+.